The Morgan fingerprint density at radius 3 is 1.86 bits per heavy atom. The van der Waals surface area contributed by atoms with Crippen molar-refractivity contribution in [3.05, 3.63) is 0 Å². The average molecular weight is 201 g/mol. The fourth-order valence-electron chi connectivity index (χ4n) is 2.28. The van der Waals surface area contributed by atoms with Gasteiger partial charge in [0.1, 0.15) is 0 Å². The number of nitrogens with two attached hydrogens (primary N) is 2. The van der Waals surface area contributed by atoms with Gasteiger partial charge in [-0.25, -0.2) is 0 Å². The molecule has 5 N–H and O–H groups in total. The molecule has 14 heavy (non-hydrogen) atoms. The predicted molar refractivity (Wildman–Crippen MR) is 59.9 cm³/mol. The SMILES string of the molecule is NCCC[N+]1(CCCN)CCNCC1. The lowest BCUT2D eigenvalue weighted by molar-refractivity contribution is -0.929. The van der Waals surface area contributed by atoms with Gasteiger partial charge in [-0.1, -0.05) is 0 Å². The van der Waals surface area contributed by atoms with E-state index in [0.717, 1.165) is 39.0 Å². The Bertz CT molecular complexity index is 133. The maximum Gasteiger partial charge on any atom is 0.0913 e. The van der Waals surface area contributed by atoms with E-state index >= 15 is 0 Å². The lowest BCUT2D eigenvalue weighted by Gasteiger charge is -2.42. The molecule has 0 aromatic carbocycles. The van der Waals surface area contributed by atoms with Crippen LogP contribution in [-0.2, 0) is 0 Å². The third kappa shape index (κ3) is 3.53. The van der Waals surface area contributed by atoms with E-state index in [0.29, 0.717) is 0 Å². The first-order valence-corrected chi connectivity index (χ1v) is 5.79. The second-order valence-electron chi connectivity index (χ2n) is 4.27. The van der Waals surface area contributed by atoms with Crippen molar-refractivity contribution in [2.75, 3.05) is 52.4 Å². The Morgan fingerprint density at radius 2 is 1.43 bits per heavy atom. The summed E-state index contributed by atoms with van der Waals surface area (Å²) in [6.45, 7) is 8.90. The highest BCUT2D eigenvalue weighted by Gasteiger charge is 2.28. The largest absolute Gasteiger partial charge is 0.330 e. The van der Waals surface area contributed by atoms with E-state index in [9.17, 15) is 0 Å². The summed E-state index contributed by atoms with van der Waals surface area (Å²) in [6, 6.07) is 0. The number of piperazine rings is 1. The van der Waals surface area contributed by atoms with Crippen LogP contribution in [-0.4, -0.2) is 56.8 Å². The molecular weight excluding hydrogens is 176 g/mol. The second kappa shape index (κ2) is 6.35. The quantitative estimate of drug-likeness (QED) is 0.488. The van der Waals surface area contributed by atoms with Crippen molar-refractivity contribution in [1.29, 1.82) is 0 Å². The fourth-order valence-corrected chi connectivity index (χ4v) is 2.28. The zero-order valence-corrected chi connectivity index (χ0v) is 9.17. The van der Waals surface area contributed by atoms with Gasteiger partial charge in [-0.15, -0.1) is 0 Å². The minimum absolute atomic E-state index is 0.816. The van der Waals surface area contributed by atoms with E-state index in [-0.39, 0.29) is 0 Å². The topological polar surface area (TPSA) is 64.1 Å². The highest BCUT2D eigenvalue weighted by atomic mass is 15.4. The summed E-state index contributed by atoms with van der Waals surface area (Å²) in [5.74, 6) is 0. The highest BCUT2D eigenvalue weighted by molar-refractivity contribution is 4.58. The average Bonchev–Trinajstić information content (AvgIpc) is 2.25. The number of rotatable bonds is 6. The van der Waals surface area contributed by atoms with Gasteiger partial charge >= 0.3 is 0 Å². The van der Waals surface area contributed by atoms with Crippen molar-refractivity contribution in [2.24, 2.45) is 11.5 Å². The van der Waals surface area contributed by atoms with Gasteiger partial charge < -0.3 is 21.3 Å². The Hall–Kier alpha value is -0.160. The van der Waals surface area contributed by atoms with Crippen molar-refractivity contribution < 1.29 is 4.48 Å². The molecular formula is C10H25N4+. The molecule has 0 bridgehead atoms. The van der Waals surface area contributed by atoms with Crippen LogP contribution in [0.2, 0.25) is 0 Å². The fraction of sp³-hybridized carbons (Fsp3) is 1.00. The first-order chi connectivity index (χ1) is 6.83. The molecule has 1 saturated heterocycles. The Labute approximate surface area is 87.2 Å². The number of nitrogens with one attached hydrogen (secondary N) is 1. The van der Waals surface area contributed by atoms with Crippen molar-refractivity contribution in [3.63, 3.8) is 0 Å². The lowest BCUT2D eigenvalue weighted by Crippen LogP contribution is -2.59. The summed E-state index contributed by atoms with van der Waals surface area (Å²) < 4.78 is 1.24. The van der Waals surface area contributed by atoms with Crippen molar-refractivity contribution in [2.45, 2.75) is 12.8 Å². The molecule has 0 aromatic rings. The summed E-state index contributed by atoms with van der Waals surface area (Å²) in [6.07, 6.45) is 2.29. The molecule has 84 valence electrons. The van der Waals surface area contributed by atoms with Crippen molar-refractivity contribution >= 4 is 0 Å². The third-order valence-corrected chi connectivity index (χ3v) is 3.20. The summed E-state index contributed by atoms with van der Waals surface area (Å²) in [7, 11) is 0. The van der Waals surface area contributed by atoms with Gasteiger partial charge in [0.2, 0.25) is 0 Å². The van der Waals surface area contributed by atoms with Gasteiger partial charge in [0.05, 0.1) is 26.2 Å². The Kier molecular flexibility index (Phi) is 5.40. The van der Waals surface area contributed by atoms with E-state index in [1.165, 1.54) is 30.7 Å². The van der Waals surface area contributed by atoms with E-state index in [1.807, 2.05) is 0 Å². The zero-order chi connectivity index (χ0) is 10.3. The normalized spacial score (nSPS) is 21.0. The van der Waals surface area contributed by atoms with Crippen molar-refractivity contribution in [1.82, 2.24) is 5.32 Å². The monoisotopic (exact) mass is 201 g/mol. The number of nitrogens with zero attached hydrogens (tertiary/aromatic N) is 1. The number of quaternary nitrogens is 1. The molecule has 0 spiro atoms. The molecule has 0 unspecified atom stereocenters. The lowest BCUT2D eigenvalue weighted by atomic mass is 10.2. The summed E-state index contributed by atoms with van der Waals surface area (Å²) >= 11 is 0. The van der Waals surface area contributed by atoms with Crippen molar-refractivity contribution in [3.8, 4) is 0 Å². The maximum atomic E-state index is 5.58. The van der Waals surface area contributed by atoms with Gasteiger partial charge in [-0.2, -0.15) is 0 Å². The molecule has 1 rings (SSSR count). The molecule has 1 aliphatic rings. The van der Waals surface area contributed by atoms with E-state index < -0.39 is 0 Å². The summed E-state index contributed by atoms with van der Waals surface area (Å²) in [4.78, 5) is 0. The van der Waals surface area contributed by atoms with Gasteiger partial charge in [-0.05, 0) is 13.1 Å². The first kappa shape index (κ1) is 11.9. The van der Waals surface area contributed by atoms with Crippen LogP contribution >= 0.6 is 0 Å². The molecule has 0 amide bonds. The predicted octanol–water partition coefficient (Wildman–Crippen LogP) is -0.896. The van der Waals surface area contributed by atoms with Crippen LogP contribution < -0.4 is 16.8 Å². The molecule has 0 saturated carbocycles. The maximum absolute atomic E-state index is 5.58. The third-order valence-electron chi connectivity index (χ3n) is 3.20. The van der Waals surface area contributed by atoms with Crippen LogP contribution in [0.4, 0.5) is 0 Å². The van der Waals surface area contributed by atoms with E-state index in [2.05, 4.69) is 5.32 Å². The molecule has 1 aliphatic heterocycles. The minimum atomic E-state index is 0.816. The summed E-state index contributed by atoms with van der Waals surface area (Å²) in [5.41, 5.74) is 11.2. The van der Waals surface area contributed by atoms with Gasteiger partial charge in [0, 0.05) is 25.9 Å². The number of hydrogen-bond donors (Lipinski definition) is 3. The van der Waals surface area contributed by atoms with Gasteiger partial charge in [-0.3, -0.25) is 0 Å². The van der Waals surface area contributed by atoms with Gasteiger partial charge in [0.15, 0.2) is 0 Å². The van der Waals surface area contributed by atoms with Crippen LogP contribution in [0, 0.1) is 0 Å². The molecule has 0 aliphatic carbocycles. The molecule has 0 atom stereocenters. The van der Waals surface area contributed by atoms with Crippen LogP contribution in [0.25, 0.3) is 0 Å². The summed E-state index contributed by atoms with van der Waals surface area (Å²) in [5, 5.41) is 3.41. The van der Waals surface area contributed by atoms with Crippen LogP contribution in [0.5, 0.6) is 0 Å². The molecule has 1 fully saturated rings. The van der Waals surface area contributed by atoms with Crippen LogP contribution in [0.3, 0.4) is 0 Å². The molecule has 1 heterocycles. The van der Waals surface area contributed by atoms with Crippen LogP contribution in [0.1, 0.15) is 12.8 Å². The molecule has 0 aromatic heterocycles. The Morgan fingerprint density at radius 1 is 0.929 bits per heavy atom. The smallest absolute Gasteiger partial charge is 0.0913 e. The minimum Gasteiger partial charge on any atom is -0.330 e. The number of hydrogen-bond acceptors (Lipinski definition) is 3. The van der Waals surface area contributed by atoms with E-state index in [4.69, 9.17) is 11.5 Å². The Balaban J connectivity index is 2.39. The first-order valence-electron chi connectivity index (χ1n) is 5.79. The highest BCUT2D eigenvalue weighted by Crippen LogP contribution is 2.11. The second-order valence-corrected chi connectivity index (χ2v) is 4.27. The molecule has 4 nitrogen and oxygen atoms in total. The standard InChI is InChI=1S/C10H25N4/c11-3-1-7-14(8-2-4-12)9-5-13-6-10-14/h13H,1-12H2/q+1. The zero-order valence-electron chi connectivity index (χ0n) is 9.17. The van der Waals surface area contributed by atoms with E-state index in [1.54, 1.807) is 0 Å². The van der Waals surface area contributed by atoms with Gasteiger partial charge in [0.25, 0.3) is 0 Å². The van der Waals surface area contributed by atoms with Crippen LogP contribution in [0.15, 0.2) is 0 Å². The molecule has 0 radical (unpaired) electrons. The molecule has 4 heteroatoms.